The van der Waals surface area contributed by atoms with Gasteiger partial charge in [-0.15, -0.1) is 0 Å². The molecule has 16 heavy (non-hydrogen) atoms. The largest absolute Gasteiger partial charge is 0.391 e. The summed E-state index contributed by atoms with van der Waals surface area (Å²) in [6.07, 6.45) is 13.8. The Kier molecular flexibility index (Phi) is 3.31. The van der Waals surface area contributed by atoms with Gasteiger partial charge in [0.2, 0.25) is 0 Å². The van der Waals surface area contributed by atoms with Crippen molar-refractivity contribution in [3.63, 3.8) is 0 Å². The molecule has 2 aliphatic rings. The minimum Gasteiger partial charge on any atom is -0.391 e. The molecule has 0 aliphatic heterocycles. The van der Waals surface area contributed by atoms with Crippen molar-refractivity contribution in [3.05, 3.63) is 36.5 Å². The molecule has 0 saturated carbocycles. The topological polar surface area (TPSA) is 40.5 Å². The number of allylic oxidation sites excluding steroid dienone is 2. The fraction of sp³-hybridized carbons (Fsp3) is 0.571. The summed E-state index contributed by atoms with van der Waals surface area (Å²) >= 11 is 0. The molecule has 0 aromatic rings. The molecule has 4 atom stereocenters. The predicted molar refractivity (Wildman–Crippen MR) is 64.9 cm³/mol. The van der Waals surface area contributed by atoms with Crippen molar-refractivity contribution in [1.29, 1.82) is 0 Å². The van der Waals surface area contributed by atoms with E-state index in [2.05, 4.69) is 13.0 Å². The van der Waals surface area contributed by atoms with Gasteiger partial charge in [-0.3, -0.25) is 0 Å². The van der Waals surface area contributed by atoms with E-state index in [4.69, 9.17) is 0 Å². The average molecular weight is 220 g/mol. The Morgan fingerprint density at radius 1 is 1.12 bits per heavy atom. The Balaban J connectivity index is 2.31. The summed E-state index contributed by atoms with van der Waals surface area (Å²) in [5.74, 6) is -0.170. The summed E-state index contributed by atoms with van der Waals surface area (Å²) in [6, 6.07) is 0. The van der Waals surface area contributed by atoms with Crippen molar-refractivity contribution in [1.82, 2.24) is 0 Å². The van der Waals surface area contributed by atoms with E-state index in [1.807, 2.05) is 30.4 Å². The molecule has 2 heteroatoms. The zero-order valence-electron chi connectivity index (χ0n) is 9.71. The second-order valence-corrected chi connectivity index (χ2v) is 4.83. The Morgan fingerprint density at radius 3 is 2.69 bits per heavy atom. The fourth-order valence-corrected chi connectivity index (χ4v) is 2.65. The molecule has 0 radical (unpaired) electrons. The van der Waals surface area contributed by atoms with Crippen LogP contribution in [-0.4, -0.2) is 22.4 Å². The lowest BCUT2D eigenvalue weighted by Crippen LogP contribution is -2.44. The molecule has 0 saturated heterocycles. The van der Waals surface area contributed by atoms with Crippen molar-refractivity contribution in [3.8, 4) is 0 Å². The lowest BCUT2D eigenvalue weighted by Gasteiger charge is -2.40. The van der Waals surface area contributed by atoms with Crippen molar-refractivity contribution < 1.29 is 10.2 Å². The molecule has 3 unspecified atom stereocenters. The van der Waals surface area contributed by atoms with Crippen LogP contribution in [0.1, 0.15) is 26.2 Å². The van der Waals surface area contributed by atoms with Gasteiger partial charge in [0.05, 0.1) is 12.2 Å². The van der Waals surface area contributed by atoms with Gasteiger partial charge in [0.1, 0.15) is 0 Å². The second kappa shape index (κ2) is 4.56. The molecule has 2 N–H and O–H groups in total. The van der Waals surface area contributed by atoms with Gasteiger partial charge >= 0.3 is 0 Å². The molecule has 2 aliphatic carbocycles. The molecule has 0 aromatic carbocycles. The highest BCUT2D eigenvalue weighted by atomic mass is 16.3. The van der Waals surface area contributed by atoms with Crippen LogP contribution in [0, 0.1) is 11.3 Å². The number of aliphatic hydroxyl groups excluding tert-OH is 2. The highest BCUT2D eigenvalue weighted by molar-refractivity contribution is 5.29. The van der Waals surface area contributed by atoms with Crippen LogP contribution in [0.5, 0.6) is 0 Å². The van der Waals surface area contributed by atoms with E-state index in [1.54, 1.807) is 0 Å². The van der Waals surface area contributed by atoms with Gasteiger partial charge in [-0.05, 0) is 6.42 Å². The van der Waals surface area contributed by atoms with Crippen LogP contribution >= 0.6 is 0 Å². The number of hydrogen-bond donors (Lipinski definition) is 2. The van der Waals surface area contributed by atoms with Crippen LogP contribution in [-0.2, 0) is 0 Å². The first kappa shape index (κ1) is 11.6. The molecule has 88 valence electrons. The molecular weight excluding hydrogens is 200 g/mol. The third kappa shape index (κ3) is 1.87. The Morgan fingerprint density at radius 2 is 1.94 bits per heavy atom. The molecule has 2 bridgehead atoms. The van der Waals surface area contributed by atoms with Gasteiger partial charge < -0.3 is 10.2 Å². The van der Waals surface area contributed by atoms with Gasteiger partial charge in [-0.2, -0.15) is 0 Å². The summed E-state index contributed by atoms with van der Waals surface area (Å²) in [5.41, 5.74) is -0.274. The summed E-state index contributed by atoms with van der Waals surface area (Å²) < 4.78 is 0. The van der Waals surface area contributed by atoms with E-state index in [1.165, 1.54) is 0 Å². The second-order valence-electron chi connectivity index (χ2n) is 4.83. The molecule has 2 rings (SSSR count). The molecule has 0 fully saturated rings. The van der Waals surface area contributed by atoms with Gasteiger partial charge in [0.25, 0.3) is 0 Å². The predicted octanol–water partition coefficient (Wildman–Crippen LogP) is 2.20. The standard InChI is InChI=1S/C14H20O2/c1-2-3-8-14-9-5-4-6-11(13(14)16)12(15)7-10-14/h4-7,9-13,15-16H,2-3,8H2,1H3/t11?,12-,13?,14?/m0/s1. The van der Waals surface area contributed by atoms with E-state index >= 15 is 0 Å². The molecule has 0 spiro atoms. The zero-order valence-corrected chi connectivity index (χ0v) is 9.71. The van der Waals surface area contributed by atoms with Crippen LogP contribution in [0.25, 0.3) is 0 Å². The van der Waals surface area contributed by atoms with E-state index < -0.39 is 12.2 Å². The SMILES string of the molecule is CCCCC12C=CC=CC(C1O)[C@@H](O)C=C2. The molecule has 0 amide bonds. The maximum atomic E-state index is 10.4. The minimum atomic E-state index is -0.555. The normalized spacial score (nSPS) is 41.1. The van der Waals surface area contributed by atoms with E-state index in [0.29, 0.717) is 0 Å². The van der Waals surface area contributed by atoms with E-state index in [9.17, 15) is 10.2 Å². The fourth-order valence-electron chi connectivity index (χ4n) is 2.65. The van der Waals surface area contributed by atoms with Gasteiger partial charge in [-0.25, -0.2) is 0 Å². The lowest BCUT2D eigenvalue weighted by atomic mass is 9.68. The number of aliphatic hydroxyl groups is 2. The van der Waals surface area contributed by atoms with Crippen molar-refractivity contribution in [2.24, 2.45) is 11.3 Å². The Bertz CT molecular complexity index is 330. The number of rotatable bonds is 3. The highest BCUT2D eigenvalue weighted by Gasteiger charge is 2.42. The lowest BCUT2D eigenvalue weighted by molar-refractivity contribution is -0.00710. The summed E-state index contributed by atoms with van der Waals surface area (Å²) in [7, 11) is 0. The highest BCUT2D eigenvalue weighted by Crippen LogP contribution is 2.42. The van der Waals surface area contributed by atoms with Crippen LogP contribution in [0.3, 0.4) is 0 Å². The molecule has 2 nitrogen and oxygen atoms in total. The number of hydrogen-bond acceptors (Lipinski definition) is 2. The van der Waals surface area contributed by atoms with E-state index in [-0.39, 0.29) is 11.3 Å². The number of unbranched alkanes of at least 4 members (excludes halogenated alkanes) is 1. The van der Waals surface area contributed by atoms with Crippen molar-refractivity contribution in [2.45, 2.75) is 38.4 Å². The van der Waals surface area contributed by atoms with Crippen LogP contribution < -0.4 is 0 Å². The summed E-state index contributed by atoms with van der Waals surface area (Å²) in [6.45, 7) is 2.15. The molecule has 0 heterocycles. The third-order valence-corrected chi connectivity index (χ3v) is 3.73. The third-order valence-electron chi connectivity index (χ3n) is 3.73. The Labute approximate surface area is 97.0 Å². The first-order valence-corrected chi connectivity index (χ1v) is 6.11. The first-order chi connectivity index (χ1) is 7.69. The van der Waals surface area contributed by atoms with Gasteiger partial charge in [0.15, 0.2) is 0 Å². The van der Waals surface area contributed by atoms with Gasteiger partial charge in [-0.1, -0.05) is 56.2 Å². The zero-order chi connectivity index (χ0) is 11.6. The number of fused-ring (bicyclic) bond motifs is 2. The van der Waals surface area contributed by atoms with Crippen LogP contribution in [0.4, 0.5) is 0 Å². The minimum absolute atomic E-state index is 0.170. The van der Waals surface area contributed by atoms with Crippen molar-refractivity contribution >= 4 is 0 Å². The summed E-state index contributed by atoms with van der Waals surface area (Å²) in [4.78, 5) is 0. The Hall–Kier alpha value is -0.860. The smallest absolute Gasteiger partial charge is 0.0809 e. The molecule has 0 aromatic heterocycles. The average Bonchev–Trinajstić information content (AvgIpc) is 2.38. The quantitative estimate of drug-likeness (QED) is 0.716. The van der Waals surface area contributed by atoms with Crippen LogP contribution in [0.15, 0.2) is 36.5 Å². The van der Waals surface area contributed by atoms with Gasteiger partial charge in [0, 0.05) is 11.3 Å². The van der Waals surface area contributed by atoms with Crippen molar-refractivity contribution in [2.75, 3.05) is 0 Å². The maximum absolute atomic E-state index is 10.4. The van der Waals surface area contributed by atoms with E-state index in [0.717, 1.165) is 19.3 Å². The summed E-state index contributed by atoms with van der Waals surface area (Å²) in [5, 5.41) is 20.2. The first-order valence-electron chi connectivity index (χ1n) is 6.11. The monoisotopic (exact) mass is 220 g/mol. The maximum Gasteiger partial charge on any atom is 0.0809 e. The van der Waals surface area contributed by atoms with Crippen LogP contribution in [0.2, 0.25) is 0 Å². The molecular formula is C14H20O2.